The van der Waals surface area contributed by atoms with Crippen molar-refractivity contribution in [2.45, 2.75) is 39.4 Å². The van der Waals surface area contributed by atoms with Gasteiger partial charge in [-0.1, -0.05) is 24.3 Å². The van der Waals surface area contributed by atoms with E-state index in [1.165, 1.54) is 18.3 Å². The van der Waals surface area contributed by atoms with Crippen LogP contribution in [0.5, 0.6) is 5.75 Å². The Morgan fingerprint density at radius 1 is 0.819 bits per heavy atom. The van der Waals surface area contributed by atoms with Gasteiger partial charge in [-0.05, 0) is 73.5 Å². The number of para-hydroxylation sites is 2. The standard InChI is InChI=1S/C49H52N10O12S/c1-29-24-32(25-30(2)42(29)71-48(65)40-35-8-3-5-10-38(35)59(18-7-23-72(66,67)68)39-11-6-4-9-36(39)40)44(61)51-16-19-69-21-22-70-20-17-52-46(63)37(28-60)56-45(62)31-12-14-33(15-13-31)53-26-34-27-54-43-41(55-34)47(64)58-49(50)57-43/h3-6,8-15,24-25,27,37,60H,7,16-23,26,28H2,1-2H3,(H7-,50,51,52,53,54,56,57,58,61,62,63,64,66,67,68)/p+1. The van der Waals surface area contributed by atoms with Crippen LogP contribution in [0.2, 0.25) is 0 Å². The van der Waals surface area contributed by atoms with Crippen LogP contribution in [0.15, 0.2) is 95.9 Å². The number of carbonyl (C=O) groups excluding carboxylic acids is 4. The van der Waals surface area contributed by atoms with Gasteiger partial charge in [-0.3, -0.25) is 28.7 Å². The van der Waals surface area contributed by atoms with Crippen molar-refractivity contribution < 1.29 is 56.0 Å². The Bertz CT molecular complexity index is 3240. The predicted molar refractivity (Wildman–Crippen MR) is 265 cm³/mol. The van der Waals surface area contributed by atoms with Crippen molar-refractivity contribution in [3.63, 3.8) is 0 Å². The first-order chi connectivity index (χ1) is 34.6. The lowest BCUT2D eigenvalue weighted by Crippen LogP contribution is -2.49. The van der Waals surface area contributed by atoms with Crippen LogP contribution in [0.3, 0.4) is 0 Å². The number of nitrogens with zero attached hydrogens (tertiary/aromatic N) is 4. The second-order valence-electron chi connectivity index (χ2n) is 16.4. The number of carbonyl (C=O) groups is 4. The molecule has 3 amide bonds. The molecule has 1 unspecified atom stereocenters. The fourth-order valence-electron chi connectivity index (χ4n) is 7.82. The maximum atomic E-state index is 14.0. The van der Waals surface area contributed by atoms with E-state index in [1.807, 2.05) is 28.8 Å². The van der Waals surface area contributed by atoms with Gasteiger partial charge in [-0.25, -0.2) is 14.8 Å². The van der Waals surface area contributed by atoms with Gasteiger partial charge in [0.15, 0.2) is 17.7 Å². The number of anilines is 2. The van der Waals surface area contributed by atoms with Crippen LogP contribution in [0.1, 0.15) is 54.3 Å². The van der Waals surface area contributed by atoms with Crippen molar-refractivity contribution in [1.29, 1.82) is 0 Å². The first-order valence-electron chi connectivity index (χ1n) is 22.7. The molecule has 0 bridgehead atoms. The SMILES string of the molecule is Cc1cc(C(=O)NCCOCCOCCNC(=O)C(CO)NC(=O)c2ccc(NCc3cnc4nc(N)[nH]c(=O)c4n3)cc2)cc(C)c1OC(=O)c1c2ccccc2[n+](CCCS(=O)(=O)O)c2ccccc12. The van der Waals surface area contributed by atoms with Crippen molar-refractivity contribution in [3.05, 3.63) is 135 Å². The zero-order valence-corrected chi connectivity index (χ0v) is 40.1. The smallest absolute Gasteiger partial charge is 0.345 e. The van der Waals surface area contributed by atoms with Crippen LogP contribution in [0, 0.1) is 13.8 Å². The summed E-state index contributed by atoms with van der Waals surface area (Å²) in [5.41, 5.74) is 9.76. The van der Waals surface area contributed by atoms with E-state index in [9.17, 15) is 42.0 Å². The van der Waals surface area contributed by atoms with E-state index in [2.05, 4.69) is 41.2 Å². The van der Waals surface area contributed by atoms with E-state index >= 15 is 0 Å². The molecule has 0 aliphatic heterocycles. The van der Waals surface area contributed by atoms with Crippen LogP contribution >= 0.6 is 0 Å². The minimum Gasteiger partial charge on any atom is -0.422 e. The molecule has 3 aromatic heterocycles. The maximum absolute atomic E-state index is 14.0. The molecule has 376 valence electrons. The third-order valence-electron chi connectivity index (χ3n) is 11.2. The van der Waals surface area contributed by atoms with Crippen LogP contribution in [0.4, 0.5) is 11.6 Å². The number of fused-ring (bicyclic) bond motifs is 3. The van der Waals surface area contributed by atoms with Crippen LogP contribution in [0.25, 0.3) is 33.0 Å². The number of aliphatic hydroxyl groups excluding tert-OH is 1. The summed E-state index contributed by atoms with van der Waals surface area (Å²) in [7, 11) is -4.16. The van der Waals surface area contributed by atoms with E-state index in [1.54, 1.807) is 62.4 Å². The Morgan fingerprint density at radius 2 is 1.44 bits per heavy atom. The molecule has 0 saturated heterocycles. The fraction of sp³-hybridized carbons (Fsp3) is 0.286. The van der Waals surface area contributed by atoms with Crippen molar-refractivity contribution in [2.24, 2.45) is 0 Å². The minimum atomic E-state index is -4.16. The van der Waals surface area contributed by atoms with Crippen molar-refractivity contribution in [1.82, 2.24) is 35.9 Å². The highest BCUT2D eigenvalue weighted by Crippen LogP contribution is 2.30. The number of aliphatic hydroxyl groups is 1. The zero-order valence-electron chi connectivity index (χ0n) is 39.3. The molecule has 9 N–H and O–H groups in total. The average molecular weight is 1010 g/mol. The normalized spacial score (nSPS) is 11.9. The highest BCUT2D eigenvalue weighted by molar-refractivity contribution is 7.85. The number of nitrogens with one attached hydrogen (secondary N) is 5. The third-order valence-corrected chi connectivity index (χ3v) is 12.0. The number of amides is 3. The summed E-state index contributed by atoms with van der Waals surface area (Å²) in [5.74, 6) is -2.30. The molecule has 0 radical (unpaired) electrons. The molecule has 0 fully saturated rings. The topological polar surface area (TPSA) is 320 Å². The van der Waals surface area contributed by atoms with Crippen molar-refractivity contribution in [2.75, 3.05) is 62.9 Å². The van der Waals surface area contributed by atoms with E-state index in [0.717, 1.165) is 0 Å². The van der Waals surface area contributed by atoms with Crippen molar-refractivity contribution in [3.8, 4) is 5.75 Å². The predicted octanol–water partition coefficient (Wildman–Crippen LogP) is 2.29. The molecule has 0 aliphatic carbocycles. The molecular formula is C49H53N10O12S+. The molecule has 1 atom stereocenters. The second kappa shape index (κ2) is 23.8. The van der Waals surface area contributed by atoms with Gasteiger partial charge in [0, 0.05) is 48.5 Å². The monoisotopic (exact) mass is 1010 g/mol. The van der Waals surface area contributed by atoms with Gasteiger partial charge >= 0.3 is 5.97 Å². The lowest BCUT2D eigenvalue weighted by atomic mass is 10.0. The first-order valence-corrected chi connectivity index (χ1v) is 24.3. The minimum absolute atomic E-state index is 0.0504. The van der Waals surface area contributed by atoms with Crippen LogP contribution in [-0.2, 0) is 37.5 Å². The molecule has 4 aromatic carbocycles. The van der Waals surface area contributed by atoms with Gasteiger partial charge in [0.25, 0.3) is 27.5 Å². The number of H-pyrrole nitrogens is 1. The second-order valence-corrected chi connectivity index (χ2v) is 18.0. The number of hydrogen-bond acceptors (Lipinski definition) is 16. The Hall–Kier alpha value is -7.96. The summed E-state index contributed by atoms with van der Waals surface area (Å²) in [6.45, 7) is 4.36. The quantitative estimate of drug-likeness (QED) is 0.0114. The Balaban J connectivity index is 0.797. The van der Waals surface area contributed by atoms with E-state index < -0.39 is 51.9 Å². The summed E-state index contributed by atoms with van der Waals surface area (Å²) < 4.78 is 51.3. The maximum Gasteiger partial charge on any atom is 0.345 e. The number of aromatic amines is 1. The lowest BCUT2D eigenvalue weighted by molar-refractivity contribution is -0.645. The largest absolute Gasteiger partial charge is 0.422 e. The zero-order chi connectivity index (χ0) is 51.4. The van der Waals surface area contributed by atoms with Gasteiger partial charge in [0.05, 0.1) is 73.6 Å². The van der Waals surface area contributed by atoms with Crippen LogP contribution < -0.4 is 41.9 Å². The molecule has 7 rings (SSSR count). The highest BCUT2D eigenvalue weighted by Gasteiger charge is 2.27. The summed E-state index contributed by atoms with van der Waals surface area (Å²) in [4.78, 5) is 79.6. The molecule has 3 heterocycles. The van der Waals surface area contributed by atoms with Gasteiger partial charge in [-0.15, -0.1) is 0 Å². The summed E-state index contributed by atoms with van der Waals surface area (Å²) in [5, 5.41) is 22.1. The summed E-state index contributed by atoms with van der Waals surface area (Å²) in [6, 6.07) is 22.9. The number of esters is 1. The molecule has 0 spiro atoms. The number of aromatic nitrogens is 5. The molecule has 23 heteroatoms. The first kappa shape index (κ1) is 51.9. The molecule has 0 aliphatic rings. The Morgan fingerprint density at radius 3 is 2.07 bits per heavy atom. The third kappa shape index (κ3) is 13.3. The molecule has 7 aromatic rings. The Labute approximate surface area is 412 Å². The number of ether oxygens (including phenoxy) is 3. The number of benzene rings is 4. The average Bonchev–Trinajstić information content (AvgIpc) is 3.35. The van der Waals surface area contributed by atoms with Gasteiger partial charge in [-0.2, -0.15) is 18.0 Å². The number of nitrogens with two attached hydrogens (primary N) is 1. The van der Waals surface area contributed by atoms with Crippen molar-refractivity contribution >= 4 is 78.4 Å². The molecule has 72 heavy (non-hydrogen) atoms. The van der Waals surface area contributed by atoms with E-state index in [0.29, 0.717) is 61.2 Å². The number of hydrogen-bond donors (Lipinski definition) is 8. The summed E-state index contributed by atoms with van der Waals surface area (Å²) in [6.07, 6.45) is 1.62. The summed E-state index contributed by atoms with van der Waals surface area (Å²) >= 11 is 0. The fourth-order valence-corrected chi connectivity index (χ4v) is 8.32. The number of nitrogen functional groups attached to an aromatic ring is 1. The lowest BCUT2D eigenvalue weighted by Gasteiger charge is -2.16. The van der Waals surface area contributed by atoms with Gasteiger partial charge in [0.1, 0.15) is 11.8 Å². The van der Waals surface area contributed by atoms with Crippen LogP contribution in [-0.4, -0.2) is 120 Å². The Kier molecular flexibility index (Phi) is 17.1. The number of rotatable bonds is 23. The number of aryl methyl sites for hydroxylation is 3. The molecule has 0 saturated carbocycles. The number of pyridine rings is 1. The van der Waals surface area contributed by atoms with Gasteiger partial charge < -0.3 is 46.3 Å². The molecular weight excluding hydrogens is 953 g/mol. The highest BCUT2D eigenvalue weighted by atomic mass is 32.2. The van der Waals surface area contributed by atoms with Gasteiger partial charge in [0.2, 0.25) is 22.9 Å². The van der Waals surface area contributed by atoms with E-state index in [-0.39, 0.29) is 87.6 Å². The van der Waals surface area contributed by atoms with E-state index in [4.69, 9.17) is 19.9 Å². The molecule has 22 nitrogen and oxygen atoms in total.